The summed E-state index contributed by atoms with van der Waals surface area (Å²) in [5.74, 6) is 0.776. The van der Waals surface area contributed by atoms with Crippen molar-refractivity contribution in [2.45, 2.75) is 13.8 Å². The summed E-state index contributed by atoms with van der Waals surface area (Å²) >= 11 is 0. The molecule has 3 heteroatoms. The van der Waals surface area contributed by atoms with Crippen LogP contribution in [0.4, 0.5) is 0 Å². The molecule has 0 amide bonds. The number of fused-ring (bicyclic) bond motifs is 2. The van der Waals surface area contributed by atoms with E-state index in [1.54, 1.807) is 0 Å². The fourth-order valence-corrected chi connectivity index (χ4v) is 3.57. The Balaban J connectivity index is 1.87. The first-order chi connectivity index (χ1) is 13.2. The third-order valence-corrected chi connectivity index (χ3v) is 4.87. The van der Waals surface area contributed by atoms with Gasteiger partial charge < -0.3 is 4.42 Å². The molecular formula is C24H18N2O. The van der Waals surface area contributed by atoms with Crippen molar-refractivity contribution >= 4 is 22.0 Å². The second-order valence-electron chi connectivity index (χ2n) is 6.82. The first kappa shape index (κ1) is 15.8. The molecule has 0 aliphatic carbocycles. The van der Waals surface area contributed by atoms with Gasteiger partial charge in [0, 0.05) is 10.9 Å². The summed E-state index contributed by atoms with van der Waals surface area (Å²) in [6, 6.07) is 24.6. The average Bonchev–Trinajstić information content (AvgIpc) is 3.06. The van der Waals surface area contributed by atoms with Crippen LogP contribution in [0.25, 0.3) is 44.6 Å². The Labute approximate surface area is 157 Å². The van der Waals surface area contributed by atoms with Crippen LogP contribution in [0.5, 0.6) is 0 Å². The number of hydrogen-bond acceptors (Lipinski definition) is 3. The van der Waals surface area contributed by atoms with Gasteiger partial charge in [0.15, 0.2) is 5.76 Å². The molecule has 0 N–H and O–H groups in total. The molecule has 2 heterocycles. The quantitative estimate of drug-likeness (QED) is 0.373. The lowest BCUT2D eigenvalue weighted by molar-refractivity contribution is 0.628. The van der Waals surface area contributed by atoms with Gasteiger partial charge in [0.25, 0.3) is 0 Å². The van der Waals surface area contributed by atoms with E-state index in [-0.39, 0.29) is 0 Å². The smallest absolute Gasteiger partial charge is 0.163 e. The molecule has 0 unspecified atom stereocenters. The van der Waals surface area contributed by atoms with Crippen LogP contribution in [0, 0.1) is 13.8 Å². The number of aryl methyl sites for hydroxylation is 2. The molecule has 0 saturated heterocycles. The maximum Gasteiger partial charge on any atom is 0.163 e. The number of benzene rings is 3. The zero-order chi connectivity index (χ0) is 18.4. The predicted molar refractivity (Wildman–Crippen MR) is 110 cm³/mol. The van der Waals surface area contributed by atoms with Gasteiger partial charge in [-0.25, -0.2) is 9.97 Å². The van der Waals surface area contributed by atoms with Crippen LogP contribution in [-0.4, -0.2) is 9.97 Å². The van der Waals surface area contributed by atoms with E-state index in [4.69, 9.17) is 14.4 Å². The molecule has 5 aromatic rings. The highest BCUT2D eigenvalue weighted by Crippen LogP contribution is 2.41. The van der Waals surface area contributed by atoms with Crippen molar-refractivity contribution in [1.82, 2.24) is 9.97 Å². The van der Waals surface area contributed by atoms with Gasteiger partial charge in [-0.2, -0.15) is 0 Å². The largest absolute Gasteiger partial charge is 0.454 e. The van der Waals surface area contributed by atoms with Crippen molar-refractivity contribution in [3.8, 4) is 22.6 Å². The molecule has 2 aromatic heterocycles. The standard InChI is InChI=1S/C24H18N2O/c1-15-12-13-21-18(14-15)22(17-8-4-3-5-9-17)24(27-21)23-16(2)25-19-10-6-7-11-20(19)26-23/h3-14H,1-2H3. The van der Waals surface area contributed by atoms with Gasteiger partial charge in [0.05, 0.1) is 16.7 Å². The van der Waals surface area contributed by atoms with Gasteiger partial charge >= 0.3 is 0 Å². The summed E-state index contributed by atoms with van der Waals surface area (Å²) in [7, 11) is 0. The first-order valence-electron chi connectivity index (χ1n) is 9.03. The van der Waals surface area contributed by atoms with Crippen molar-refractivity contribution in [1.29, 1.82) is 0 Å². The summed E-state index contributed by atoms with van der Waals surface area (Å²) in [4.78, 5) is 9.64. The number of hydrogen-bond donors (Lipinski definition) is 0. The Hall–Kier alpha value is -3.46. The molecule has 0 spiro atoms. The molecule has 0 bridgehead atoms. The van der Waals surface area contributed by atoms with E-state index in [1.165, 1.54) is 5.56 Å². The maximum atomic E-state index is 6.32. The number of rotatable bonds is 2. The normalized spacial score (nSPS) is 11.3. The van der Waals surface area contributed by atoms with Gasteiger partial charge in [-0.15, -0.1) is 0 Å². The lowest BCUT2D eigenvalue weighted by Crippen LogP contribution is -1.94. The third-order valence-electron chi connectivity index (χ3n) is 4.87. The fraction of sp³-hybridized carbons (Fsp3) is 0.0833. The molecule has 0 atom stereocenters. The van der Waals surface area contributed by atoms with E-state index >= 15 is 0 Å². The highest BCUT2D eigenvalue weighted by molar-refractivity contribution is 6.02. The van der Waals surface area contributed by atoms with Gasteiger partial charge in [-0.1, -0.05) is 54.1 Å². The van der Waals surface area contributed by atoms with E-state index < -0.39 is 0 Å². The molecule has 0 fully saturated rings. The Morgan fingerprint density at radius 3 is 2.22 bits per heavy atom. The second kappa shape index (κ2) is 6.06. The maximum absolute atomic E-state index is 6.32. The fourth-order valence-electron chi connectivity index (χ4n) is 3.57. The lowest BCUT2D eigenvalue weighted by Gasteiger charge is -2.07. The minimum Gasteiger partial charge on any atom is -0.454 e. The Morgan fingerprint density at radius 1 is 0.741 bits per heavy atom. The zero-order valence-electron chi connectivity index (χ0n) is 15.2. The minimum atomic E-state index is 0.776. The molecule has 130 valence electrons. The molecule has 3 nitrogen and oxygen atoms in total. The molecule has 27 heavy (non-hydrogen) atoms. The average molecular weight is 350 g/mol. The Kier molecular flexibility index (Phi) is 3.54. The van der Waals surface area contributed by atoms with Crippen LogP contribution in [0.3, 0.4) is 0 Å². The summed E-state index contributed by atoms with van der Waals surface area (Å²) in [5.41, 5.74) is 7.68. The monoisotopic (exact) mass is 350 g/mol. The van der Waals surface area contributed by atoms with Crippen LogP contribution in [-0.2, 0) is 0 Å². The van der Waals surface area contributed by atoms with Crippen molar-refractivity contribution in [3.05, 3.63) is 84.1 Å². The Morgan fingerprint density at radius 2 is 1.44 bits per heavy atom. The van der Waals surface area contributed by atoms with Crippen LogP contribution >= 0.6 is 0 Å². The van der Waals surface area contributed by atoms with Crippen LogP contribution in [0.2, 0.25) is 0 Å². The van der Waals surface area contributed by atoms with Crippen molar-refractivity contribution in [3.63, 3.8) is 0 Å². The SMILES string of the molecule is Cc1ccc2oc(-c3nc4ccccc4nc3C)c(-c3ccccc3)c2c1. The van der Waals surface area contributed by atoms with Crippen molar-refractivity contribution in [2.24, 2.45) is 0 Å². The van der Waals surface area contributed by atoms with E-state index in [0.29, 0.717) is 0 Å². The summed E-state index contributed by atoms with van der Waals surface area (Å²) in [6.07, 6.45) is 0. The molecule has 5 rings (SSSR count). The van der Waals surface area contributed by atoms with Crippen molar-refractivity contribution in [2.75, 3.05) is 0 Å². The summed E-state index contributed by atoms with van der Waals surface area (Å²) in [6.45, 7) is 4.09. The van der Waals surface area contributed by atoms with Gasteiger partial charge in [-0.3, -0.25) is 0 Å². The van der Waals surface area contributed by atoms with Crippen LogP contribution in [0.15, 0.2) is 77.2 Å². The molecular weight excluding hydrogens is 332 g/mol. The number of para-hydroxylation sites is 2. The second-order valence-corrected chi connectivity index (χ2v) is 6.82. The van der Waals surface area contributed by atoms with Gasteiger partial charge in [0.2, 0.25) is 0 Å². The summed E-state index contributed by atoms with van der Waals surface area (Å²) in [5, 5.41) is 1.10. The predicted octanol–water partition coefficient (Wildman–Crippen LogP) is 6.33. The highest BCUT2D eigenvalue weighted by Gasteiger charge is 2.21. The molecule has 0 aliphatic rings. The molecule has 0 saturated carbocycles. The number of nitrogens with zero attached hydrogens (tertiary/aromatic N) is 2. The van der Waals surface area contributed by atoms with Crippen LogP contribution < -0.4 is 0 Å². The molecule has 0 radical (unpaired) electrons. The van der Waals surface area contributed by atoms with Crippen LogP contribution in [0.1, 0.15) is 11.3 Å². The van der Waals surface area contributed by atoms with E-state index in [0.717, 1.165) is 50.3 Å². The van der Waals surface area contributed by atoms with Crippen molar-refractivity contribution < 1.29 is 4.42 Å². The molecule has 3 aromatic carbocycles. The Bertz CT molecular complexity index is 1290. The molecule has 0 aliphatic heterocycles. The number of aromatic nitrogens is 2. The third kappa shape index (κ3) is 2.59. The first-order valence-corrected chi connectivity index (χ1v) is 9.03. The minimum absolute atomic E-state index is 0.776. The topological polar surface area (TPSA) is 38.9 Å². The zero-order valence-corrected chi connectivity index (χ0v) is 15.2. The number of furan rings is 1. The van der Waals surface area contributed by atoms with E-state index in [9.17, 15) is 0 Å². The lowest BCUT2D eigenvalue weighted by atomic mass is 9.99. The van der Waals surface area contributed by atoms with E-state index in [2.05, 4.69) is 31.2 Å². The van der Waals surface area contributed by atoms with Gasteiger partial charge in [-0.05, 0) is 43.7 Å². The summed E-state index contributed by atoms with van der Waals surface area (Å²) < 4.78 is 6.32. The highest BCUT2D eigenvalue weighted by atomic mass is 16.3. The van der Waals surface area contributed by atoms with E-state index in [1.807, 2.05) is 55.5 Å². The van der Waals surface area contributed by atoms with Gasteiger partial charge in [0.1, 0.15) is 11.3 Å².